The summed E-state index contributed by atoms with van der Waals surface area (Å²) in [5.74, 6) is 1.66. The van der Waals surface area contributed by atoms with Crippen LogP contribution < -0.4 is 5.73 Å². The summed E-state index contributed by atoms with van der Waals surface area (Å²) in [6.45, 7) is 6.34. The number of anilines is 1. The standard InChI is InChI=1S/C13H20N4/c1-9(2)7-17(3)8-13-15-11-5-4-10(14)6-12(11)16-13/h4-6,9H,7-8,14H2,1-3H3,(H,15,16). The summed E-state index contributed by atoms with van der Waals surface area (Å²) in [6, 6.07) is 5.76. The van der Waals surface area contributed by atoms with E-state index in [1.54, 1.807) is 0 Å². The Morgan fingerprint density at radius 1 is 1.41 bits per heavy atom. The number of benzene rings is 1. The van der Waals surface area contributed by atoms with Gasteiger partial charge in [-0.25, -0.2) is 4.98 Å². The second kappa shape index (κ2) is 4.75. The van der Waals surface area contributed by atoms with Crippen LogP contribution in [0.1, 0.15) is 19.7 Å². The number of hydrogen-bond donors (Lipinski definition) is 2. The SMILES string of the molecule is CC(C)CN(C)Cc1nc2ccc(N)cc2[nH]1. The molecule has 0 spiro atoms. The molecule has 2 rings (SSSR count). The van der Waals surface area contributed by atoms with E-state index in [-0.39, 0.29) is 0 Å². The molecule has 0 amide bonds. The van der Waals surface area contributed by atoms with Gasteiger partial charge in [-0.15, -0.1) is 0 Å². The lowest BCUT2D eigenvalue weighted by Gasteiger charge is -2.17. The predicted molar refractivity (Wildman–Crippen MR) is 71.7 cm³/mol. The first kappa shape index (κ1) is 11.9. The fraction of sp³-hybridized carbons (Fsp3) is 0.462. The van der Waals surface area contributed by atoms with E-state index in [1.165, 1.54) is 0 Å². The monoisotopic (exact) mass is 232 g/mol. The van der Waals surface area contributed by atoms with Gasteiger partial charge in [0.05, 0.1) is 17.6 Å². The maximum Gasteiger partial charge on any atom is 0.121 e. The lowest BCUT2D eigenvalue weighted by atomic mass is 10.2. The number of nitrogens with one attached hydrogen (secondary N) is 1. The van der Waals surface area contributed by atoms with E-state index in [1.807, 2.05) is 18.2 Å². The summed E-state index contributed by atoms with van der Waals surface area (Å²) < 4.78 is 0. The molecule has 17 heavy (non-hydrogen) atoms. The Labute approximate surface area is 102 Å². The third kappa shape index (κ3) is 2.97. The van der Waals surface area contributed by atoms with Crippen molar-refractivity contribution in [3.05, 3.63) is 24.0 Å². The highest BCUT2D eigenvalue weighted by Crippen LogP contribution is 2.15. The normalized spacial score (nSPS) is 11.8. The van der Waals surface area contributed by atoms with E-state index < -0.39 is 0 Å². The van der Waals surface area contributed by atoms with Crippen molar-refractivity contribution < 1.29 is 0 Å². The number of nitrogens with zero attached hydrogens (tertiary/aromatic N) is 2. The topological polar surface area (TPSA) is 57.9 Å². The van der Waals surface area contributed by atoms with Crippen LogP contribution in [0, 0.1) is 5.92 Å². The molecule has 1 heterocycles. The van der Waals surface area contributed by atoms with Crippen LogP contribution in [-0.2, 0) is 6.54 Å². The zero-order chi connectivity index (χ0) is 12.4. The van der Waals surface area contributed by atoms with Crippen molar-refractivity contribution in [3.8, 4) is 0 Å². The molecule has 3 N–H and O–H groups in total. The molecule has 0 saturated carbocycles. The van der Waals surface area contributed by atoms with Crippen LogP contribution in [0.15, 0.2) is 18.2 Å². The van der Waals surface area contributed by atoms with Crippen molar-refractivity contribution in [3.63, 3.8) is 0 Å². The second-order valence-electron chi connectivity index (χ2n) is 5.05. The Morgan fingerprint density at radius 3 is 2.88 bits per heavy atom. The zero-order valence-electron chi connectivity index (χ0n) is 10.7. The van der Waals surface area contributed by atoms with Crippen LogP contribution in [0.25, 0.3) is 11.0 Å². The van der Waals surface area contributed by atoms with Gasteiger partial charge in [0.2, 0.25) is 0 Å². The Hall–Kier alpha value is -1.55. The van der Waals surface area contributed by atoms with Gasteiger partial charge in [-0.05, 0) is 31.2 Å². The Balaban J connectivity index is 2.14. The molecule has 1 aromatic heterocycles. The molecule has 1 aromatic carbocycles. The number of imidazole rings is 1. The van der Waals surface area contributed by atoms with E-state index in [4.69, 9.17) is 5.73 Å². The van der Waals surface area contributed by atoms with Crippen LogP contribution in [0.3, 0.4) is 0 Å². The summed E-state index contributed by atoms with van der Waals surface area (Å²) in [5, 5.41) is 0. The van der Waals surface area contributed by atoms with Crippen molar-refractivity contribution in [2.75, 3.05) is 19.3 Å². The first-order valence-electron chi connectivity index (χ1n) is 5.97. The van der Waals surface area contributed by atoms with Gasteiger partial charge in [0.15, 0.2) is 0 Å². The molecule has 0 aliphatic carbocycles. The van der Waals surface area contributed by atoms with Gasteiger partial charge in [0.25, 0.3) is 0 Å². The molecule has 4 heteroatoms. The number of aromatic nitrogens is 2. The van der Waals surface area contributed by atoms with E-state index in [9.17, 15) is 0 Å². The van der Waals surface area contributed by atoms with Gasteiger partial charge in [0.1, 0.15) is 5.82 Å². The molecule has 0 aliphatic rings. The van der Waals surface area contributed by atoms with E-state index in [0.717, 1.165) is 35.6 Å². The van der Waals surface area contributed by atoms with Gasteiger partial charge < -0.3 is 10.7 Å². The Kier molecular flexibility index (Phi) is 3.33. The first-order chi connectivity index (χ1) is 8.04. The van der Waals surface area contributed by atoms with Crippen LogP contribution in [0.4, 0.5) is 5.69 Å². The van der Waals surface area contributed by atoms with Gasteiger partial charge in [0, 0.05) is 12.2 Å². The lowest BCUT2D eigenvalue weighted by Crippen LogP contribution is -2.23. The molecule has 4 nitrogen and oxygen atoms in total. The molecule has 0 fully saturated rings. The van der Waals surface area contributed by atoms with Crippen molar-refractivity contribution in [2.24, 2.45) is 5.92 Å². The molecule has 0 radical (unpaired) electrons. The average molecular weight is 232 g/mol. The number of aromatic amines is 1. The number of hydrogen-bond acceptors (Lipinski definition) is 3. The van der Waals surface area contributed by atoms with Crippen LogP contribution in [0.5, 0.6) is 0 Å². The second-order valence-corrected chi connectivity index (χ2v) is 5.05. The van der Waals surface area contributed by atoms with Gasteiger partial charge >= 0.3 is 0 Å². The maximum atomic E-state index is 5.74. The fourth-order valence-corrected chi connectivity index (χ4v) is 2.10. The zero-order valence-corrected chi connectivity index (χ0v) is 10.7. The smallest absolute Gasteiger partial charge is 0.121 e. The minimum Gasteiger partial charge on any atom is -0.399 e. The predicted octanol–water partition coefficient (Wildman–Crippen LogP) is 2.23. The van der Waals surface area contributed by atoms with Gasteiger partial charge in [-0.1, -0.05) is 13.8 Å². The highest BCUT2D eigenvalue weighted by atomic mass is 15.1. The lowest BCUT2D eigenvalue weighted by molar-refractivity contribution is 0.283. The summed E-state index contributed by atoms with van der Waals surface area (Å²) in [5.41, 5.74) is 8.50. The van der Waals surface area contributed by atoms with E-state index in [2.05, 4.69) is 35.8 Å². The third-order valence-corrected chi connectivity index (χ3v) is 2.65. The van der Waals surface area contributed by atoms with Crippen LogP contribution in [0.2, 0.25) is 0 Å². The molecule has 0 atom stereocenters. The van der Waals surface area contributed by atoms with Gasteiger partial charge in [-0.3, -0.25) is 4.90 Å². The summed E-state index contributed by atoms with van der Waals surface area (Å²) in [7, 11) is 2.11. The number of nitrogen functional groups attached to an aromatic ring is 1. The number of fused-ring (bicyclic) bond motifs is 1. The van der Waals surface area contributed by atoms with Crippen LogP contribution in [-0.4, -0.2) is 28.5 Å². The summed E-state index contributed by atoms with van der Waals surface area (Å²) in [4.78, 5) is 10.1. The van der Waals surface area contributed by atoms with Gasteiger partial charge in [-0.2, -0.15) is 0 Å². The fourth-order valence-electron chi connectivity index (χ4n) is 2.10. The highest BCUT2D eigenvalue weighted by Gasteiger charge is 2.07. The molecule has 92 valence electrons. The van der Waals surface area contributed by atoms with Crippen molar-refractivity contribution in [1.82, 2.24) is 14.9 Å². The first-order valence-corrected chi connectivity index (χ1v) is 5.97. The Morgan fingerprint density at radius 2 is 2.18 bits per heavy atom. The molecular weight excluding hydrogens is 212 g/mol. The van der Waals surface area contributed by atoms with Crippen molar-refractivity contribution >= 4 is 16.7 Å². The Bertz CT molecular complexity index is 501. The van der Waals surface area contributed by atoms with E-state index in [0.29, 0.717) is 5.92 Å². The third-order valence-electron chi connectivity index (χ3n) is 2.65. The average Bonchev–Trinajstić information content (AvgIpc) is 2.57. The molecular formula is C13H20N4. The van der Waals surface area contributed by atoms with E-state index >= 15 is 0 Å². The summed E-state index contributed by atoms with van der Waals surface area (Å²) >= 11 is 0. The number of rotatable bonds is 4. The number of H-pyrrole nitrogens is 1. The summed E-state index contributed by atoms with van der Waals surface area (Å²) in [6.07, 6.45) is 0. The molecule has 2 aromatic rings. The maximum absolute atomic E-state index is 5.74. The quantitative estimate of drug-likeness (QED) is 0.795. The van der Waals surface area contributed by atoms with Crippen LogP contribution >= 0.6 is 0 Å². The number of nitrogens with two attached hydrogens (primary N) is 1. The van der Waals surface area contributed by atoms with Crippen molar-refractivity contribution in [1.29, 1.82) is 0 Å². The molecule has 0 aliphatic heterocycles. The minimum absolute atomic E-state index is 0.667. The molecule has 0 bridgehead atoms. The molecule has 0 saturated heterocycles. The molecule has 0 unspecified atom stereocenters. The van der Waals surface area contributed by atoms with Crippen molar-refractivity contribution in [2.45, 2.75) is 20.4 Å². The largest absolute Gasteiger partial charge is 0.399 e. The highest BCUT2D eigenvalue weighted by molar-refractivity contribution is 5.78. The minimum atomic E-state index is 0.667.